The lowest BCUT2D eigenvalue weighted by atomic mass is 9.62. The summed E-state index contributed by atoms with van der Waals surface area (Å²) in [5.41, 5.74) is -3.35. The monoisotopic (exact) mass is 489 g/mol. The standard InChI is InChI=1S/C24H36F5N5/c1-21(25)9-11-30-14-17(21)15-33(3)18-13-19(32-20(31-18)24(27,28)29)34-12-10-22(2,26)23(16-34)7-5-4-6-8-23/h13,17,30H,4-12,14-16H2,1-3H3. The molecule has 2 saturated heterocycles. The predicted molar refractivity (Wildman–Crippen MR) is 123 cm³/mol. The highest BCUT2D eigenvalue weighted by atomic mass is 19.4. The highest BCUT2D eigenvalue weighted by Crippen LogP contribution is 2.52. The zero-order chi connectivity index (χ0) is 24.8. The van der Waals surface area contributed by atoms with Crippen molar-refractivity contribution < 1.29 is 22.0 Å². The molecule has 0 aromatic carbocycles. The van der Waals surface area contributed by atoms with Crippen LogP contribution in [0.1, 0.15) is 64.6 Å². The van der Waals surface area contributed by atoms with Crippen LogP contribution in [-0.4, -0.2) is 61.1 Å². The molecule has 1 N–H and O–H groups in total. The number of piperidine rings is 2. The van der Waals surface area contributed by atoms with Gasteiger partial charge < -0.3 is 15.1 Å². The van der Waals surface area contributed by atoms with Crippen LogP contribution in [-0.2, 0) is 6.18 Å². The van der Waals surface area contributed by atoms with E-state index in [1.165, 1.54) is 0 Å². The first-order chi connectivity index (χ1) is 15.8. The summed E-state index contributed by atoms with van der Waals surface area (Å²) < 4.78 is 71.8. The summed E-state index contributed by atoms with van der Waals surface area (Å²) in [4.78, 5) is 11.0. The first-order valence-corrected chi connectivity index (χ1v) is 12.3. The Bertz CT molecular complexity index is 866. The minimum atomic E-state index is -4.72. The van der Waals surface area contributed by atoms with Crippen molar-refractivity contribution in [1.82, 2.24) is 15.3 Å². The largest absolute Gasteiger partial charge is 0.451 e. The van der Waals surface area contributed by atoms with E-state index in [1.54, 1.807) is 36.8 Å². The van der Waals surface area contributed by atoms with E-state index in [2.05, 4.69) is 15.3 Å². The lowest BCUT2D eigenvalue weighted by molar-refractivity contribution is -0.144. The lowest BCUT2D eigenvalue weighted by Crippen LogP contribution is -2.57. The average molecular weight is 490 g/mol. The number of nitrogens with one attached hydrogen (secondary N) is 1. The van der Waals surface area contributed by atoms with Gasteiger partial charge >= 0.3 is 6.18 Å². The van der Waals surface area contributed by atoms with Gasteiger partial charge in [-0.05, 0) is 46.1 Å². The third-order valence-corrected chi connectivity index (χ3v) is 8.46. The van der Waals surface area contributed by atoms with Gasteiger partial charge in [0.1, 0.15) is 23.0 Å². The Balaban J connectivity index is 1.63. The number of hydrogen-bond donors (Lipinski definition) is 1. The Labute approximate surface area is 198 Å². The van der Waals surface area contributed by atoms with E-state index in [9.17, 15) is 13.2 Å². The smallest absolute Gasteiger partial charge is 0.359 e. The third kappa shape index (κ3) is 4.97. The van der Waals surface area contributed by atoms with E-state index in [0.29, 0.717) is 32.6 Å². The topological polar surface area (TPSA) is 44.3 Å². The highest BCUT2D eigenvalue weighted by Gasteiger charge is 2.53. The maximum absolute atomic E-state index is 15.6. The van der Waals surface area contributed by atoms with Crippen LogP contribution in [0.2, 0.25) is 0 Å². The van der Waals surface area contributed by atoms with Crippen LogP contribution >= 0.6 is 0 Å². The van der Waals surface area contributed by atoms with E-state index < -0.39 is 28.8 Å². The molecule has 3 atom stereocenters. The van der Waals surface area contributed by atoms with Crippen molar-refractivity contribution in [2.75, 3.05) is 49.6 Å². The van der Waals surface area contributed by atoms with Gasteiger partial charge in [-0.15, -0.1) is 0 Å². The molecule has 1 aromatic heterocycles. The van der Waals surface area contributed by atoms with Crippen LogP contribution in [0.5, 0.6) is 0 Å². The molecule has 4 rings (SSSR count). The maximum Gasteiger partial charge on any atom is 0.451 e. The maximum atomic E-state index is 15.6. The summed E-state index contributed by atoms with van der Waals surface area (Å²) in [6.45, 7) is 5.07. The first kappa shape index (κ1) is 25.4. The van der Waals surface area contributed by atoms with Crippen molar-refractivity contribution in [3.63, 3.8) is 0 Å². The Kier molecular flexibility index (Phi) is 6.76. The molecule has 192 valence electrons. The molecule has 0 radical (unpaired) electrons. The second kappa shape index (κ2) is 9.06. The van der Waals surface area contributed by atoms with Crippen LogP contribution in [0.4, 0.5) is 33.6 Å². The van der Waals surface area contributed by atoms with E-state index in [1.807, 2.05) is 0 Å². The minimum Gasteiger partial charge on any atom is -0.359 e. The van der Waals surface area contributed by atoms with Crippen LogP contribution in [0.3, 0.4) is 0 Å². The van der Waals surface area contributed by atoms with E-state index >= 15 is 8.78 Å². The number of anilines is 2. The van der Waals surface area contributed by atoms with Crippen molar-refractivity contribution in [2.24, 2.45) is 11.3 Å². The molecule has 3 fully saturated rings. The summed E-state index contributed by atoms with van der Waals surface area (Å²) in [5, 5.41) is 3.16. The molecule has 5 nitrogen and oxygen atoms in total. The van der Waals surface area contributed by atoms with Gasteiger partial charge in [0.25, 0.3) is 0 Å². The zero-order valence-electron chi connectivity index (χ0n) is 20.3. The Hall–Kier alpha value is -1.71. The summed E-state index contributed by atoms with van der Waals surface area (Å²) in [5.74, 6) is -1.34. The van der Waals surface area contributed by atoms with Gasteiger partial charge in [-0.25, -0.2) is 18.7 Å². The highest BCUT2D eigenvalue weighted by molar-refractivity contribution is 5.52. The lowest BCUT2D eigenvalue weighted by Gasteiger charge is -2.53. The quantitative estimate of drug-likeness (QED) is 0.592. The molecular formula is C24H36F5N5. The fourth-order valence-electron chi connectivity index (χ4n) is 5.93. The van der Waals surface area contributed by atoms with Gasteiger partial charge in [0.05, 0.1) is 0 Å². The summed E-state index contributed by atoms with van der Waals surface area (Å²) in [6, 6.07) is 1.54. The van der Waals surface area contributed by atoms with Crippen molar-refractivity contribution >= 4 is 11.6 Å². The van der Waals surface area contributed by atoms with Crippen LogP contribution in [0.25, 0.3) is 0 Å². The number of hydrogen-bond acceptors (Lipinski definition) is 5. The first-order valence-electron chi connectivity index (χ1n) is 12.3. The average Bonchev–Trinajstić information content (AvgIpc) is 2.77. The van der Waals surface area contributed by atoms with E-state index in [0.717, 1.165) is 32.1 Å². The van der Waals surface area contributed by atoms with Gasteiger partial charge in [-0.2, -0.15) is 13.2 Å². The van der Waals surface area contributed by atoms with Gasteiger partial charge in [0.15, 0.2) is 0 Å². The minimum absolute atomic E-state index is 0.102. The molecule has 3 aliphatic rings. The summed E-state index contributed by atoms with van der Waals surface area (Å²) >= 11 is 0. The molecule has 3 heterocycles. The fourth-order valence-corrected chi connectivity index (χ4v) is 5.93. The molecule has 1 aromatic rings. The number of nitrogens with zero attached hydrogens (tertiary/aromatic N) is 4. The number of aromatic nitrogens is 2. The molecule has 0 bridgehead atoms. The molecule has 1 saturated carbocycles. The summed E-state index contributed by atoms with van der Waals surface area (Å²) in [7, 11) is 1.63. The predicted octanol–water partition coefficient (Wildman–Crippen LogP) is 5.16. The second-order valence-electron chi connectivity index (χ2n) is 10.9. The molecule has 3 unspecified atom stereocenters. The van der Waals surface area contributed by atoms with E-state index in [-0.39, 0.29) is 30.5 Å². The molecule has 0 amide bonds. The van der Waals surface area contributed by atoms with Gasteiger partial charge in [0.2, 0.25) is 5.82 Å². The number of alkyl halides is 5. The van der Waals surface area contributed by atoms with Gasteiger partial charge in [-0.3, -0.25) is 0 Å². The second-order valence-corrected chi connectivity index (χ2v) is 10.9. The molecule has 2 aliphatic heterocycles. The zero-order valence-corrected chi connectivity index (χ0v) is 20.3. The van der Waals surface area contributed by atoms with Crippen molar-refractivity contribution in [3.8, 4) is 0 Å². The Morgan fingerprint density at radius 1 is 1.09 bits per heavy atom. The van der Waals surface area contributed by atoms with Crippen LogP contribution in [0, 0.1) is 11.3 Å². The van der Waals surface area contributed by atoms with Crippen molar-refractivity contribution in [2.45, 2.75) is 76.3 Å². The molecule has 10 heteroatoms. The van der Waals surface area contributed by atoms with Crippen molar-refractivity contribution in [1.29, 1.82) is 0 Å². The summed E-state index contributed by atoms with van der Waals surface area (Å²) in [6.07, 6.45) is 0.242. The van der Waals surface area contributed by atoms with Crippen molar-refractivity contribution in [3.05, 3.63) is 11.9 Å². The van der Waals surface area contributed by atoms with Gasteiger partial charge in [0, 0.05) is 50.6 Å². The SMILES string of the molecule is CN(CC1CNCCC1(C)F)c1cc(N2CCC(C)(F)C3(CCCCC3)C2)nc(C(F)(F)F)n1. The fraction of sp³-hybridized carbons (Fsp3) is 0.833. The van der Waals surface area contributed by atoms with Gasteiger partial charge in [-0.1, -0.05) is 19.3 Å². The number of halogens is 5. The molecule has 1 spiro atoms. The normalized spacial score (nSPS) is 32.1. The molecular weight excluding hydrogens is 453 g/mol. The Morgan fingerprint density at radius 3 is 2.44 bits per heavy atom. The third-order valence-electron chi connectivity index (χ3n) is 8.46. The Morgan fingerprint density at radius 2 is 1.79 bits per heavy atom. The number of rotatable bonds is 4. The molecule has 1 aliphatic carbocycles. The van der Waals surface area contributed by atoms with E-state index in [4.69, 9.17) is 0 Å². The molecule has 34 heavy (non-hydrogen) atoms. The van der Waals surface area contributed by atoms with Crippen LogP contribution in [0.15, 0.2) is 6.07 Å². The van der Waals surface area contributed by atoms with Crippen LogP contribution < -0.4 is 15.1 Å².